The van der Waals surface area contributed by atoms with Crippen LogP contribution in [0.15, 0.2) is 18.2 Å². The van der Waals surface area contributed by atoms with Crippen LogP contribution in [0.5, 0.6) is 11.5 Å². The summed E-state index contributed by atoms with van der Waals surface area (Å²) in [6.07, 6.45) is 2.66. The highest BCUT2D eigenvalue weighted by Crippen LogP contribution is 2.39. The smallest absolute Gasteiger partial charge is 0.128 e. The fraction of sp³-hybridized carbons (Fsp3) is 0.600. The van der Waals surface area contributed by atoms with Crippen LogP contribution in [0, 0.1) is 5.92 Å². The Kier molecular flexibility index (Phi) is 5.40. The highest BCUT2D eigenvalue weighted by molar-refractivity contribution is 7.99. The van der Waals surface area contributed by atoms with Gasteiger partial charge in [0.2, 0.25) is 0 Å². The molecule has 3 nitrogen and oxygen atoms in total. The van der Waals surface area contributed by atoms with E-state index in [0.29, 0.717) is 17.4 Å². The predicted octanol–water partition coefficient (Wildman–Crippen LogP) is 3.27. The average molecular weight is 282 g/mol. The summed E-state index contributed by atoms with van der Waals surface area (Å²) in [4.78, 5) is 0. The van der Waals surface area contributed by atoms with E-state index in [9.17, 15) is 5.11 Å². The Morgan fingerprint density at radius 2 is 1.79 bits per heavy atom. The average Bonchev–Trinajstić information content (AvgIpc) is 2.47. The molecular formula is C15H22O3S. The quantitative estimate of drug-likeness (QED) is 0.899. The molecule has 1 aromatic carbocycles. The Bertz CT molecular complexity index is 380. The first-order valence-corrected chi connectivity index (χ1v) is 7.88. The fourth-order valence-electron chi connectivity index (χ4n) is 2.62. The lowest BCUT2D eigenvalue weighted by Gasteiger charge is -2.25. The zero-order chi connectivity index (χ0) is 13.7. The molecule has 1 N–H and O–H groups in total. The van der Waals surface area contributed by atoms with Crippen LogP contribution in [0.4, 0.5) is 0 Å². The van der Waals surface area contributed by atoms with E-state index in [1.165, 1.54) is 24.3 Å². The minimum Gasteiger partial charge on any atom is -0.496 e. The molecule has 1 heterocycles. The van der Waals surface area contributed by atoms with Gasteiger partial charge in [-0.1, -0.05) is 6.07 Å². The van der Waals surface area contributed by atoms with Crippen molar-refractivity contribution < 1.29 is 14.6 Å². The number of methoxy groups -OCH3 is 2. The van der Waals surface area contributed by atoms with E-state index in [-0.39, 0.29) is 0 Å². The molecule has 0 radical (unpaired) electrons. The number of aliphatic hydroxyl groups is 1. The first-order chi connectivity index (χ1) is 9.26. The van der Waals surface area contributed by atoms with E-state index in [1.54, 1.807) is 14.2 Å². The summed E-state index contributed by atoms with van der Waals surface area (Å²) in [5.74, 6) is 4.43. The van der Waals surface area contributed by atoms with Crippen molar-refractivity contribution in [2.75, 3.05) is 25.7 Å². The van der Waals surface area contributed by atoms with Crippen molar-refractivity contribution in [3.8, 4) is 11.5 Å². The third kappa shape index (κ3) is 3.57. The largest absolute Gasteiger partial charge is 0.496 e. The molecule has 1 aliphatic rings. The lowest BCUT2D eigenvalue weighted by Crippen LogP contribution is -2.14. The summed E-state index contributed by atoms with van der Waals surface area (Å²) in [7, 11) is 3.25. The SMILES string of the molecule is COc1cccc(OC)c1C(O)CC1CCSCC1. The molecule has 0 bridgehead atoms. The number of hydrogen-bond donors (Lipinski definition) is 1. The van der Waals surface area contributed by atoms with Gasteiger partial charge in [0.25, 0.3) is 0 Å². The van der Waals surface area contributed by atoms with Gasteiger partial charge >= 0.3 is 0 Å². The second kappa shape index (κ2) is 7.06. The van der Waals surface area contributed by atoms with Gasteiger partial charge in [0.05, 0.1) is 25.9 Å². The monoisotopic (exact) mass is 282 g/mol. The summed E-state index contributed by atoms with van der Waals surface area (Å²) < 4.78 is 10.7. The first-order valence-electron chi connectivity index (χ1n) is 6.73. The van der Waals surface area contributed by atoms with Gasteiger partial charge in [0.15, 0.2) is 0 Å². The number of rotatable bonds is 5. The van der Waals surface area contributed by atoms with Gasteiger partial charge in [-0.2, -0.15) is 11.8 Å². The number of thioether (sulfide) groups is 1. The van der Waals surface area contributed by atoms with Crippen LogP contribution < -0.4 is 9.47 Å². The minimum absolute atomic E-state index is 0.515. The summed E-state index contributed by atoms with van der Waals surface area (Å²) in [6.45, 7) is 0. The summed E-state index contributed by atoms with van der Waals surface area (Å²) >= 11 is 2.01. The molecular weight excluding hydrogens is 260 g/mol. The molecule has 1 saturated heterocycles. The maximum absolute atomic E-state index is 10.5. The van der Waals surface area contributed by atoms with Gasteiger partial charge in [0, 0.05) is 0 Å². The van der Waals surface area contributed by atoms with Gasteiger partial charge in [-0.25, -0.2) is 0 Å². The van der Waals surface area contributed by atoms with Gasteiger partial charge in [-0.3, -0.25) is 0 Å². The fourth-order valence-corrected chi connectivity index (χ4v) is 3.83. The zero-order valence-electron chi connectivity index (χ0n) is 11.6. The lowest BCUT2D eigenvalue weighted by molar-refractivity contribution is 0.134. The Labute approximate surface area is 119 Å². The number of ether oxygens (including phenoxy) is 2. The van der Waals surface area contributed by atoms with Crippen LogP contribution in [0.2, 0.25) is 0 Å². The highest BCUT2D eigenvalue weighted by atomic mass is 32.2. The van der Waals surface area contributed by atoms with Gasteiger partial charge in [0.1, 0.15) is 11.5 Å². The third-order valence-corrected chi connectivity index (χ3v) is 4.75. The van der Waals surface area contributed by atoms with E-state index in [1.807, 2.05) is 30.0 Å². The van der Waals surface area contributed by atoms with E-state index in [0.717, 1.165) is 12.0 Å². The molecule has 4 heteroatoms. The van der Waals surface area contributed by atoms with Crippen molar-refractivity contribution in [1.82, 2.24) is 0 Å². The van der Waals surface area contributed by atoms with Crippen molar-refractivity contribution in [2.24, 2.45) is 5.92 Å². The second-order valence-electron chi connectivity index (χ2n) is 4.88. The van der Waals surface area contributed by atoms with Crippen molar-refractivity contribution in [2.45, 2.75) is 25.4 Å². The standard InChI is InChI=1S/C15H22O3S/c1-17-13-4-3-5-14(18-2)15(13)12(16)10-11-6-8-19-9-7-11/h3-5,11-12,16H,6-10H2,1-2H3. The Balaban J connectivity index is 2.14. The van der Waals surface area contributed by atoms with Crippen LogP contribution in [-0.4, -0.2) is 30.8 Å². The van der Waals surface area contributed by atoms with Crippen molar-refractivity contribution in [1.29, 1.82) is 0 Å². The van der Waals surface area contributed by atoms with E-state index >= 15 is 0 Å². The topological polar surface area (TPSA) is 38.7 Å². The van der Waals surface area contributed by atoms with E-state index in [4.69, 9.17) is 9.47 Å². The number of benzene rings is 1. The Morgan fingerprint density at radius 1 is 1.21 bits per heavy atom. The zero-order valence-corrected chi connectivity index (χ0v) is 12.4. The van der Waals surface area contributed by atoms with Crippen molar-refractivity contribution in [3.63, 3.8) is 0 Å². The molecule has 19 heavy (non-hydrogen) atoms. The van der Waals surface area contributed by atoms with Crippen LogP contribution in [0.3, 0.4) is 0 Å². The Hall–Kier alpha value is -0.870. The predicted molar refractivity (Wildman–Crippen MR) is 79.2 cm³/mol. The number of hydrogen-bond acceptors (Lipinski definition) is 4. The molecule has 1 aliphatic heterocycles. The normalized spacial score (nSPS) is 18.1. The maximum Gasteiger partial charge on any atom is 0.128 e. The molecule has 1 aromatic rings. The molecule has 0 spiro atoms. The summed E-state index contributed by atoms with van der Waals surface area (Å²) in [6, 6.07) is 5.63. The van der Waals surface area contributed by atoms with Crippen molar-refractivity contribution in [3.05, 3.63) is 23.8 Å². The summed E-state index contributed by atoms with van der Waals surface area (Å²) in [5, 5.41) is 10.5. The van der Waals surface area contributed by atoms with Gasteiger partial charge < -0.3 is 14.6 Å². The van der Waals surface area contributed by atoms with Gasteiger partial charge in [-0.05, 0) is 48.8 Å². The molecule has 2 rings (SSSR count). The summed E-state index contributed by atoms with van der Waals surface area (Å²) in [5.41, 5.74) is 0.783. The van der Waals surface area contributed by atoms with Crippen LogP contribution in [0.1, 0.15) is 30.9 Å². The second-order valence-corrected chi connectivity index (χ2v) is 6.11. The molecule has 0 aliphatic carbocycles. The lowest BCUT2D eigenvalue weighted by atomic mass is 9.91. The van der Waals surface area contributed by atoms with Crippen molar-refractivity contribution >= 4 is 11.8 Å². The Morgan fingerprint density at radius 3 is 2.32 bits per heavy atom. The molecule has 1 atom stereocenters. The number of aliphatic hydroxyl groups excluding tert-OH is 1. The van der Waals surface area contributed by atoms with Crippen LogP contribution in [0.25, 0.3) is 0 Å². The van der Waals surface area contributed by atoms with E-state index < -0.39 is 6.10 Å². The molecule has 0 aromatic heterocycles. The molecule has 1 unspecified atom stereocenters. The van der Waals surface area contributed by atoms with Crippen LogP contribution in [-0.2, 0) is 0 Å². The maximum atomic E-state index is 10.5. The molecule has 0 amide bonds. The molecule has 1 fully saturated rings. The minimum atomic E-state index is -0.515. The van der Waals surface area contributed by atoms with Crippen LogP contribution >= 0.6 is 11.8 Å². The van der Waals surface area contributed by atoms with Gasteiger partial charge in [-0.15, -0.1) is 0 Å². The van der Waals surface area contributed by atoms with E-state index in [2.05, 4.69) is 0 Å². The molecule has 0 saturated carbocycles. The highest BCUT2D eigenvalue weighted by Gasteiger charge is 2.23. The third-order valence-electron chi connectivity index (χ3n) is 3.70. The first kappa shape index (κ1) is 14.5. The molecule has 106 valence electrons.